The van der Waals surface area contributed by atoms with Crippen molar-refractivity contribution in [1.29, 1.82) is 0 Å². The average Bonchev–Trinajstić information content (AvgIpc) is 2.48. The van der Waals surface area contributed by atoms with Gasteiger partial charge in [0.2, 0.25) is 0 Å². The van der Waals surface area contributed by atoms with Gasteiger partial charge in [-0.1, -0.05) is 25.8 Å². The van der Waals surface area contributed by atoms with Crippen LogP contribution in [-0.2, 0) is 0 Å². The Labute approximate surface area is 66.3 Å². The molecule has 1 saturated carbocycles. The van der Waals surface area contributed by atoms with Crippen molar-refractivity contribution in [3.05, 3.63) is 12.7 Å². The second kappa shape index (κ2) is 2.92. The summed E-state index contributed by atoms with van der Waals surface area (Å²) in [4.78, 5) is 0. The molecule has 0 aromatic carbocycles. The molecule has 11 heavy (non-hydrogen) atoms. The first-order valence-electron chi connectivity index (χ1n) is 4.15. The largest absolute Gasteiger partial charge is 0.258 e. The van der Waals surface area contributed by atoms with Gasteiger partial charge in [-0.3, -0.25) is 0 Å². The van der Waals surface area contributed by atoms with Gasteiger partial charge in [0.25, 0.3) is 5.92 Å². The van der Waals surface area contributed by atoms with E-state index in [4.69, 9.17) is 0 Å². The van der Waals surface area contributed by atoms with E-state index >= 15 is 0 Å². The van der Waals surface area contributed by atoms with Crippen molar-refractivity contribution >= 4 is 0 Å². The summed E-state index contributed by atoms with van der Waals surface area (Å²) < 4.78 is 25.4. The Morgan fingerprint density at radius 2 is 2.18 bits per heavy atom. The third-order valence-corrected chi connectivity index (χ3v) is 2.39. The average molecular weight is 160 g/mol. The Morgan fingerprint density at radius 1 is 1.55 bits per heavy atom. The maximum atomic E-state index is 12.7. The van der Waals surface area contributed by atoms with Gasteiger partial charge in [-0.25, -0.2) is 8.78 Å². The molecule has 64 valence electrons. The SMILES string of the molecule is C=CC1C(CCCC)C1(F)F. The van der Waals surface area contributed by atoms with E-state index in [1.165, 1.54) is 6.08 Å². The molecule has 0 saturated heterocycles. The third-order valence-electron chi connectivity index (χ3n) is 2.39. The Morgan fingerprint density at radius 3 is 2.55 bits per heavy atom. The lowest BCUT2D eigenvalue weighted by atomic mass is 10.1. The van der Waals surface area contributed by atoms with Gasteiger partial charge in [0.1, 0.15) is 0 Å². The smallest absolute Gasteiger partial charge is 0.206 e. The van der Waals surface area contributed by atoms with Gasteiger partial charge >= 0.3 is 0 Å². The van der Waals surface area contributed by atoms with Crippen LogP contribution < -0.4 is 0 Å². The number of allylic oxidation sites excluding steroid dienone is 1. The Balaban J connectivity index is 2.33. The first-order valence-corrected chi connectivity index (χ1v) is 4.15. The lowest BCUT2D eigenvalue weighted by molar-refractivity contribution is 0.0881. The molecular weight excluding hydrogens is 146 g/mol. The normalized spacial score (nSPS) is 33.4. The van der Waals surface area contributed by atoms with E-state index in [1.807, 2.05) is 6.92 Å². The van der Waals surface area contributed by atoms with E-state index < -0.39 is 17.8 Å². The standard InChI is InChI=1S/C9H14F2/c1-3-5-6-8-7(4-2)9(8,10)11/h4,7-8H,2-3,5-6H2,1H3. The molecule has 1 aliphatic carbocycles. The third kappa shape index (κ3) is 1.44. The van der Waals surface area contributed by atoms with Crippen LogP contribution in [0.3, 0.4) is 0 Å². The number of halogens is 2. The number of unbranched alkanes of at least 4 members (excludes halogenated alkanes) is 1. The lowest BCUT2D eigenvalue weighted by Crippen LogP contribution is -1.93. The molecule has 1 rings (SSSR count). The van der Waals surface area contributed by atoms with E-state index in [0.717, 1.165) is 12.8 Å². The predicted molar refractivity (Wildman–Crippen MR) is 41.6 cm³/mol. The highest BCUT2D eigenvalue weighted by Gasteiger charge is 2.65. The van der Waals surface area contributed by atoms with Crippen LogP contribution in [0.1, 0.15) is 26.2 Å². The summed E-state index contributed by atoms with van der Waals surface area (Å²) in [5.41, 5.74) is 0. The molecule has 1 aliphatic rings. The van der Waals surface area contributed by atoms with Crippen molar-refractivity contribution in [3.8, 4) is 0 Å². The zero-order valence-corrected chi connectivity index (χ0v) is 6.82. The van der Waals surface area contributed by atoms with Crippen LogP contribution >= 0.6 is 0 Å². The fourth-order valence-corrected chi connectivity index (χ4v) is 1.53. The van der Waals surface area contributed by atoms with E-state index in [1.54, 1.807) is 0 Å². The van der Waals surface area contributed by atoms with E-state index in [9.17, 15) is 8.78 Å². The highest BCUT2D eigenvalue weighted by atomic mass is 19.3. The number of alkyl halides is 2. The second-order valence-corrected chi connectivity index (χ2v) is 3.18. The summed E-state index contributed by atoms with van der Waals surface area (Å²) in [6.07, 6.45) is 3.95. The molecule has 2 unspecified atom stereocenters. The first-order chi connectivity index (χ1) is 5.14. The van der Waals surface area contributed by atoms with Crippen LogP contribution in [0.4, 0.5) is 8.78 Å². The summed E-state index contributed by atoms with van der Waals surface area (Å²) >= 11 is 0. The molecule has 0 radical (unpaired) electrons. The molecule has 2 atom stereocenters. The maximum Gasteiger partial charge on any atom is 0.258 e. The molecule has 0 spiro atoms. The van der Waals surface area contributed by atoms with Crippen LogP contribution in [0.2, 0.25) is 0 Å². The molecular formula is C9H14F2. The highest BCUT2D eigenvalue weighted by molar-refractivity contribution is 5.12. The van der Waals surface area contributed by atoms with Crippen molar-refractivity contribution in [2.45, 2.75) is 32.1 Å². The van der Waals surface area contributed by atoms with Crippen LogP contribution in [0.15, 0.2) is 12.7 Å². The van der Waals surface area contributed by atoms with Crippen LogP contribution in [0.25, 0.3) is 0 Å². The van der Waals surface area contributed by atoms with Crippen LogP contribution in [0, 0.1) is 11.8 Å². The number of hydrogen-bond donors (Lipinski definition) is 0. The van der Waals surface area contributed by atoms with Gasteiger partial charge in [-0.15, -0.1) is 6.58 Å². The van der Waals surface area contributed by atoms with Gasteiger partial charge in [0.15, 0.2) is 0 Å². The van der Waals surface area contributed by atoms with E-state index in [2.05, 4.69) is 6.58 Å². The molecule has 0 N–H and O–H groups in total. The topological polar surface area (TPSA) is 0 Å². The molecule has 0 amide bonds. The first kappa shape index (κ1) is 8.69. The van der Waals surface area contributed by atoms with Crippen molar-refractivity contribution in [3.63, 3.8) is 0 Å². The van der Waals surface area contributed by atoms with Gasteiger partial charge in [-0.2, -0.15) is 0 Å². The molecule has 0 nitrogen and oxygen atoms in total. The molecule has 0 heterocycles. The van der Waals surface area contributed by atoms with Crippen LogP contribution in [-0.4, -0.2) is 5.92 Å². The van der Waals surface area contributed by atoms with Crippen molar-refractivity contribution in [1.82, 2.24) is 0 Å². The minimum absolute atomic E-state index is 0.403. The van der Waals surface area contributed by atoms with Gasteiger partial charge in [0.05, 0.1) is 0 Å². The van der Waals surface area contributed by atoms with Gasteiger partial charge < -0.3 is 0 Å². The van der Waals surface area contributed by atoms with Crippen molar-refractivity contribution in [2.24, 2.45) is 11.8 Å². The van der Waals surface area contributed by atoms with Crippen molar-refractivity contribution < 1.29 is 8.78 Å². The van der Waals surface area contributed by atoms with Gasteiger partial charge in [0, 0.05) is 11.8 Å². The highest BCUT2D eigenvalue weighted by Crippen LogP contribution is 2.58. The van der Waals surface area contributed by atoms with Crippen LogP contribution in [0.5, 0.6) is 0 Å². The number of hydrogen-bond acceptors (Lipinski definition) is 0. The zero-order valence-electron chi connectivity index (χ0n) is 6.82. The second-order valence-electron chi connectivity index (χ2n) is 3.18. The molecule has 0 aromatic heterocycles. The zero-order chi connectivity index (χ0) is 8.48. The summed E-state index contributed by atoms with van der Waals surface area (Å²) in [6, 6.07) is 0. The van der Waals surface area contributed by atoms with Crippen molar-refractivity contribution in [2.75, 3.05) is 0 Å². The van der Waals surface area contributed by atoms with E-state index in [0.29, 0.717) is 6.42 Å². The minimum Gasteiger partial charge on any atom is -0.206 e. The Hall–Kier alpha value is -0.400. The molecule has 2 heteroatoms. The Bertz CT molecular complexity index is 152. The Kier molecular flexibility index (Phi) is 2.31. The number of rotatable bonds is 4. The maximum absolute atomic E-state index is 12.7. The fraction of sp³-hybridized carbons (Fsp3) is 0.778. The monoisotopic (exact) mass is 160 g/mol. The minimum atomic E-state index is -2.43. The molecule has 1 fully saturated rings. The van der Waals surface area contributed by atoms with E-state index in [-0.39, 0.29) is 0 Å². The summed E-state index contributed by atoms with van der Waals surface area (Å²) in [6.45, 7) is 5.41. The molecule has 0 bridgehead atoms. The summed E-state index contributed by atoms with van der Waals surface area (Å²) in [7, 11) is 0. The summed E-state index contributed by atoms with van der Waals surface area (Å²) in [5, 5.41) is 0. The van der Waals surface area contributed by atoms with Gasteiger partial charge in [-0.05, 0) is 6.42 Å². The fourth-order valence-electron chi connectivity index (χ4n) is 1.53. The lowest BCUT2D eigenvalue weighted by Gasteiger charge is -1.93. The molecule has 0 aliphatic heterocycles. The predicted octanol–water partition coefficient (Wildman–Crippen LogP) is 3.24. The quantitative estimate of drug-likeness (QED) is 0.554. The summed E-state index contributed by atoms with van der Waals surface area (Å²) in [5.74, 6) is -3.37. The molecule has 0 aromatic rings.